The van der Waals surface area contributed by atoms with Crippen LogP contribution in [0.5, 0.6) is 5.88 Å². The van der Waals surface area contributed by atoms with Gasteiger partial charge >= 0.3 is 0 Å². The van der Waals surface area contributed by atoms with E-state index in [1.165, 1.54) is 11.8 Å². The van der Waals surface area contributed by atoms with Crippen LogP contribution in [0.2, 0.25) is 5.02 Å². The van der Waals surface area contributed by atoms with Crippen LogP contribution in [0.1, 0.15) is 24.6 Å². The molecule has 0 amide bonds. The van der Waals surface area contributed by atoms with Gasteiger partial charge < -0.3 is 19.3 Å². The molecule has 0 spiro atoms. The predicted octanol–water partition coefficient (Wildman–Crippen LogP) is 4.90. The molecule has 0 bridgehead atoms. The third kappa shape index (κ3) is 3.79. The molecule has 160 valence electrons. The SMILES string of the molecule is COCCOc1cnc2ccc(C3N4CCCC4=CN3c3ccc(F)c(Cl)c3)cc2n1. The van der Waals surface area contributed by atoms with Crippen LogP contribution in [-0.4, -0.2) is 41.7 Å². The Bertz CT molecular complexity index is 1160. The van der Waals surface area contributed by atoms with E-state index >= 15 is 0 Å². The Morgan fingerprint density at radius 2 is 2.06 bits per heavy atom. The van der Waals surface area contributed by atoms with E-state index in [2.05, 4.69) is 32.0 Å². The van der Waals surface area contributed by atoms with Gasteiger partial charge in [-0.2, -0.15) is 0 Å². The number of fused-ring (bicyclic) bond motifs is 2. The van der Waals surface area contributed by atoms with Crippen LogP contribution in [-0.2, 0) is 4.74 Å². The monoisotopic (exact) mass is 440 g/mol. The van der Waals surface area contributed by atoms with Crippen LogP contribution in [0.15, 0.2) is 54.5 Å². The molecule has 5 rings (SSSR count). The number of aromatic nitrogens is 2. The maximum absolute atomic E-state index is 13.7. The summed E-state index contributed by atoms with van der Waals surface area (Å²) in [5.41, 5.74) is 4.75. The third-order valence-electron chi connectivity index (χ3n) is 5.63. The first-order chi connectivity index (χ1) is 15.1. The van der Waals surface area contributed by atoms with Gasteiger partial charge in [0, 0.05) is 31.2 Å². The molecule has 2 aliphatic heterocycles. The van der Waals surface area contributed by atoms with E-state index in [-0.39, 0.29) is 11.2 Å². The molecule has 8 heteroatoms. The van der Waals surface area contributed by atoms with Crippen molar-refractivity contribution in [1.29, 1.82) is 0 Å². The Labute approximate surface area is 184 Å². The topological polar surface area (TPSA) is 50.7 Å². The highest BCUT2D eigenvalue weighted by atomic mass is 35.5. The first kappa shape index (κ1) is 20.0. The molecule has 6 nitrogen and oxygen atoms in total. The maximum atomic E-state index is 13.7. The number of hydrogen-bond donors (Lipinski definition) is 0. The van der Waals surface area contributed by atoms with E-state index in [0.29, 0.717) is 19.1 Å². The van der Waals surface area contributed by atoms with Gasteiger partial charge in [-0.1, -0.05) is 17.7 Å². The predicted molar refractivity (Wildman–Crippen MR) is 118 cm³/mol. The zero-order valence-electron chi connectivity index (χ0n) is 17.1. The summed E-state index contributed by atoms with van der Waals surface area (Å²) in [6.45, 7) is 1.87. The minimum absolute atomic E-state index is 0.0525. The molecule has 1 aromatic heterocycles. The van der Waals surface area contributed by atoms with Gasteiger partial charge in [0.2, 0.25) is 5.88 Å². The Morgan fingerprint density at radius 1 is 1.16 bits per heavy atom. The second-order valence-corrected chi connectivity index (χ2v) is 8.00. The van der Waals surface area contributed by atoms with E-state index in [0.717, 1.165) is 41.7 Å². The van der Waals surface area contributed by atoms with Crippen LogP contribution in [0, 0.1) is 5.82 Å². The van der Waals surface area contributed by atoms with Crippen molar-refractivity contribution in [3.8, 4) is 5.88 Å². The fraction of sp³-hybridized carbons (Fsp3) is 0.304. The Kier molecular flexibility index (Phi) is 5.38. The molecule has 1 fully saturated rings. The lowest BCUT2D eigenvalue weighted by molar-refractivity contribution is 0.143. The van der Waals surface area contributed by atoms with Crippen LogP contribution >= 0.6 is 11.6 Å². The van der Waals surface area contributed by atoms with Crippen molar-refractivity contribution < 1.29 is 13.9 Å². The average molecular weight is 441 g/mol. The molecule has 0 saturated carbocycles. The molecule has 1 atom stereocenters. The Morgan fingerprint density at radius 3 is 2.90 bits per heavy atom. The average Bonchev–Trinajstić information content (AvgIpc) is 3.37. The molecule has 0 aliphatic carbocycles. The normalized spacial score (nSPS) is 17.9. The van der Waals surface area contributed by atoms with Gasteiger partial charge in [0.05, 0.1) is 28.9 Å². The lowest BCUT2D eigenvalue weighted by atomic mass is 10.1. The van der Waals surface area contributed by atoms with Gasteiger partial charge in [0.25, 0.3) is 0 Å². The highest BCUT2D eigenvalue weighted by Crippen LogP contribution is 2.43. The number of halogens is 2. The summed E-state index contributed by atoms with van der Waals surface area (Å²) in [5.74, 6) is 0.0478. The van der Waals surface area contributed by atoms with Crippen LogP contribution < -0.4 is 9.64 Å². The number of hydrogen-bond acceptors (Lipinski definition) is 6. The van der Waals surface area contributed by atoms with Crippen molar-refractivity contribution in [1.82, 2.24) is 14.9 Å². The van der Waals surface area contributed by atoms with E-state index in [4.69, 9.17) is 21.1 Å². The quantitative estimate of drug-likeness (QED) is 0.508. The first-order valence-corrected chi connectivity index (χ1v) is 10.6. The van der Waals surface area contributed by atoms with Crippen LogP contribution in [0.4, 0.5) is 10.1 Å². The second-order valence-electron chi connectivity index (χ2n) is 7.59. The smallest absolute Gasteiger partial charge is 0.232 e. The number of nitrogens with zero attached hydrogens (tertiary/aromatic N) is 4. The van der Waals surface area contributed by atoms with Crippen LogP contribution in [0.25, 0.3) is 11.0 Å². The standard InChI is InChI=1S/C23H22ClFN4O2/c1-30-9-10-31-22-13-26-20-7-4-15(11-21(20)27-22)23-28-8-2-3-17(28)14-29(23)16-5-6-19(25)18(24)12-16/h4-7,11-14,23H,2-3,8-10H2,1H3. The fourth-order valence-corrected chi connectivity index (χ4v) is 4.37. The summed E-state index contributed by atoms with van der Waals surface area (Å²) in [6.07, 6.45) is 5.85. The van der Waals surface area contributed by atoms with Gasteiger partial charge in [-0.25, -0.2) is 14.4 Å². The minimum Gasteiger partial charge on any atom is -0.474 e. The molecule has 1 saturated heterocycles. The molecular formula is C23H22ClFN4O2. The lowest BCUT2D eigenvalue weighted by Crippen LogP contribution is -2.30. The summed E-state index contributed by atoms with van der Waals surface area (Å²) in [7, 11) is 1.63. The fourth-order valence-electron chi connectivity index (χ4n) is 4.19. The van der Waals surface area contributed by atoms with E-state index in [1.54, 1.807) is 25.4 Å². The summed E-state index contributed by atoms with van der Waals surface area (Å²) < 4.78 is 24.4. The van der Waals surface area contributed by atoms with E-state index in [1.807, 2.05) is 12.1 Å². The van der Waals surface area contributed by atoms with Gasteiger partial charge in [-0.3, -0.25) is 0 Å². The van der Waals surface area contributed by atoms with E-state index in [9.17, 15) is 4.39 Å². The highest BCUT2D eigenvalue weighted by Gasteiger charge is 2.37. The molecule has 3 heterocycles. The largest absolute Gasteiger partial charge is 0.474 e. The summed E-state index contributed by atoms with van der Waals surface area (Å²) in [5, 5.41) is 0.115. The first-order valence-electron chi connectivity index (χ1n) is 10.2. The van der Waals surface area contributed by atoms with Crippen molar-refractivity contribution in [3.63, 3.8) is 0 Å². The number of allylic oxidation sites excluding steroid dienone is 1. The van der Waals surface area contributed by atoms with Gasteiger partial charge in [-0.05, 0) is 48.7 Å². The number of anilines is 1. The highest BCUT2D eigenvalue weighted by molar-refractivity contribution is 6.31. The summed E-state index contributed by atoms with van der Waals surface area (Å²) in [4.78, 5) is 13.6. The van der Waals surface area contributed by atoms with Crippen molar-refractivity contribution >= 4 is 28.3 Å². The minimum atomic E-state index is -0.420. The van der Waals surface area contributed by atoms with E-state index < -0.39 is 5.82 Å². The molecule has 3 aromatic rings. The van der Waals surface area contributed by atoms with Crippen LogP contribution in [0.3, 0.4) is 0 Å². The van der Waals surface area contributed by atoms with Gasteiger partial charge in [0.15, 0.2) is 0 Å². The molecule has 0 N–H and O–H groups in total. The third-order valence-corrected chi connectivity index (χ3v) is 5.92. The Hall–Kier alpha value is -2.90. The maximum Gasteiger partial charge on any atom is 0.232 e. The van der Waals surface area contributed by atoms with Crippen molar-refractivity contribution in [2.45, 2.75) is 19.0 Å². The van der Waals surface area contributed by atoms with Crippen molar-refractivity contribution in [2.24, 2.45) is 0 Å². The second kappa shape index (κ2) is 8.32. The zero-order valence-corrected chi connectivity index (χ0v) is 17.8. The number of benzene rings is 2. The molecule has 2 aliphatic rings. The number of rotatable bonds is 6. The van der Waals surface area contributed by atoms with Crippen molar-refractivity contribution in [3.05, 3.63) is 70.9 Å². The van der Waals surface area contributed by atoms with Crippen molar-refractivity contribution in [2.75, 3.05) is 31.8 Å². The number of ether oxygens (including phenoxy) is 2. The molecule has 31 heavy (non-hydrogen) atoms. The van der Waals surface area contributed by atoms with Gasteiger partial charge in [-0.15, -0.1) is 0 Å². The lowest BCUT2D eigenvalue weighted by Gasteiger charge is -2.32. The summed E-state index contributed by atoms with van der Waals surface area (Å²) >= 11 is 6.08. The van der Waals surface area contributed by atoms with Gasteiger partial charge in [0.1, 0.15) is 18.6 Å². The molecular weight excluding hydrogens is 419 g/mol. The zero-order chi connectivity index (χ0) is 21.4. The molecule has 1 unspecified atom stereocenters. The summed E-state index contributed by atoms with van der Waals surface area (Å²) in [6, 6.07) is 10.9. The molecule has 0 radical (unpaired) electrons. The number of methoxy groups -OCH3 is 1. The molecule has 2 aromatic carbocycles. The Balaban J connectivity index is 1.52.